The fraction of sp³-hybridized carbons (Fsp3) is 0.458. The van der Waals surface area contributed by atoms with Gasteiger partial charge >= 0.3 is 0 Å². The Morgan fingerprint density at radius 2 is 1.63 bits per heavy atom. The molecule has 1 aliphatic heterocycles. The minimum absolute atomic E-state index is 0.310. The Hall–Kier alpha value is -2.57. The minimum Gasteiger partial charge on any atom is -0.497 e. The molecule has 1 unspecified atom stereocenters. The predicted molar refractivity (Wildman–Crippen MR) is 122 cm³/mol. The Balaban J connectivity index is 1.58. The van der Waals surface area contributed by atoms with Crippen molar-refractivity contribution in [1.29, 1.82) is 0 Å². The van der Waals surface area contributed by atoms with E-state index >= 15 is 0 Å². The van der Waals surface area contributed by atoms with Crippen molar-refractivity contribution >= 4 is 5.96 Å². The first kappa shape index (κ1) is 22.1. The highest BCUT2D eigenvalue weighted by atomic mass is 16.5. The third-order valence-corrected chi connectivity index (χ3v) is 5.56. The van der Waals surface area contributed by atoms with Crippen molar-refractivity contribution in [1.82, 2.24) is 15.5 Å². The van der Waals surface area contributed by atoms with Gasteiger partial charge in [0.2, 0.25) is 0 Å². The fourth-order valence-corrected chi connectivity index (χ4v) is 3.86. The molecule has 6 heteroatoms. The van der Waals surface area contributed by atoms with Crippen molar-refractivity contribution < 1.29 is 9.47 Å². The van der Waals surface area contributed by atoms with Crippen LogP contribution in [0.15, 0.2) is 53.5 Å². The SMILES string of the molecule is CN=C(NCc1ccc(COC)cc1)NCC(c1ccc(OC)cc1)N1CCCC1. The summed E-state index contributed by atoms with van der Waals surface area (Å²) in [6.07, 6.45) is 2.53. The topological polar surface area (TPSA) is 58.1 Å². The first-order chi connectivity index (χ1) is 14.7. The van der Waals surface area contributed by atoms with E-state index in [1.807, 2.05) is 19.2 Å². The van der Waals surface area contributed by atoms with Crippen molar-refractivity contribution in [3.05, 3.63) is 65.2 Å². The largest absolute Gasteiger partial charge is 0.497 e. The number of methoxy groups -OCH3 is 2. The van der Waals surface area contributed by atoms with Gasteiger partial charge in [0.05, 0.1) is 19.8 Å². The number of ether oxygens (including phenoxy) is 2. The summed E-state index contributed by atoms with van der Waals surface area (Å²) in [6, 6.07) is 17.2. The molecule has 2 aromatic carbocycles. The maximum atomic E-state index is 5.32. The van der Waals surface area contributed by atoms with Crippen LogP contribution < -0.4 is 15.4 Å². The third kappa shape index (κ3) is 6.21. The molecule has 162 valence electrons. The molecule has 0 aromatic heterocycles. The zero-order valence-corrected chi connectivity index (χ0v) is 18.4. The Kier molecular flexibility index (Phi) is 8.53. The molecule has 0 radical (unpaired) electrons. The van der Waals surface area contributed by atoms with Gasteiger partial charge in [-0.15, -0.1) is 0 Å². The molecule has 6 nitrogen and oxygen atoms in total. The average molecular weight is 411 g/mol. The number of aliphatic imine (C=N–C) groups is 1. The number of nitrogens with zero attached hydrogens (tertiary/aromatic N) is 2. The molecule has 1 aliphatic rings. The van der Waals surface area contributed by atoms with Crippen LogP contribution in [0.4, 0.5) is 0 Å². The molecule has 2 N–H and O–H groups in total. The minimum atomic E-state index is 0.310. The second-order valence-electron chi connectivity index (χ2n) is 7.59. The van der Waals surface area contributed by atoms with Crippen LogP contribution in [0.5, 0.6) is 5.75 Å². The van der Waals surface area contributed by atoms with Crippen LogP contribution >= 0.6 is 0 Å². The van der Waals surface area contributed by atoms with Gasteiger partial charge in [0.25, 0.3) is 0 Å². The summed E-state index contributed by atoms with van der Waals surface area (Å²) < 4.78 is 10.5. The van der Waals surface area contributed by atoms with Gasteiger partial charge in [0.1, 0.15) is 5.75 Å². The summed E-state index contributed by atoms with van der Waals surface area (Å²) in [6.45, 7) is 4.44. The summed E-state index contributed by atoms with van der Waals surface area (Å²) in [5.41, 5.74) is 3.69. The molecule has 1 atom stereocenters. The standard InChI is InChI=1S/C24H34N4O2/c1-25-24(26-16-19-6-8-20(9-7-19)18-29-2)27-17-23(28-14-4-5-15-28)21-10-12-22(30-3)13-11-21/h6-13,23H,4-5,14-18H2,1-3H3,(H2,25,26,27). The van der Waals surface area contributed by atoms with E-state index in [1.54, 1.807) is 14.2 Å². The molecule has 30 heavy (non-hydrogen) atoms. The smallest absolute Gasteiger partial charge is 0.191 e. The lowest BCUT2D eigenvalue weighted by Gasteiger charge is -2.29. The first-order valence-electron chi connectivity index (χ1n) is 10.6. The van der Waals surface area contributed by atoms with Gasteiger partial charge < -0.3 is 20.1 Å². The summed E-state index contributed by atoms with van der Waals surface area (Å²) in [4.78, 5) is 6.96. The number of hydrogen-bond donors (Lipinski definition) is 2. The van der Waals surface area contributed by atoms with E-state index in [1.165, 1.54) is 29.5 Å². The van der Waals surface area contributed by atoms with Gasteiger partial charge in [0.15, 0.2) is 5.96 Å². The van der Waals surface area contributed by atoms with Gasteiger partial charge in [-0.2, -0.15) is 0 Å². The van der Waals surface area contributed by atoms with Crippen LogP contribution in [0, 0.1) is 0 Å². The van der Waals surface area contributed by atoms with Gasteiger partial charge in [-0.1, -0.05) is 36.4 Å². The van der Waals surface area contributed by atoms with E-state index in [0.717, 1.165) is 37.9 Å². The Labute approximate surface area is 180 Å². The fourth-order valence-electron chi connectivity index (χ4n) is 3.86. The van der Waals surface area contributed by atoms with Crippen molar-refractivity contribution in [2.75, 3.05) is 40.9 Å². The second-order valence-corrected chi connectivity index (χ2v) is 7.59. The summed E-state index contributed by atoms with van der Waals surface area (Å²) >= 11 is 0. The molecule has 0 amide bonds. The van der Waals surface area contributed by atoms with Crippen molar-refractivity contribution in [2.45, 2.75) is 32.0 Å². The lowest BCUT2D eigenvalue weighted by molar-refractivity contribution is 0.185. The molecule has 3 rings (SSSR count). The summed E-state index contributed by atoms with van der Waals surface area (Å²) in [7, 11) is 5.23. The predicted octanol–water partition coefficient (Wildman–Crippen LogP) is 3.34. The Bertz CT molecular complexity index is 784. The van der Waals surface area contributed by atoms with Crippen molar-refractivity contribution in [2.24, 2.45) is 4.99 Å². The highest BCUT2D eigenvalue weighted by Gasteiger charge is 2.23. The van der Waals surface area contributed by atoms with Crippen molar-refractivity contribution in [3.63, 3.8) is 0 Å². The van der Waals surface area contributed by atoms with Gasteiger partial charge in [-0.05, 0) is 54.8 Å². The monoisotopic (exact) mass is 410 g/mol. The molecule has 0 bridgehead atoms. The molecule has 0 aliphatic carbocycles. The second kappa shape index (κ2) is 11.6. The quantitative estimate of drug-likeness (QED) is 0.490. The van der Waals surface area contributed by atoms with Crippen LogP contribution in [0.25, 0.3) is 0 Å². The van der Waals surface area contributed by atoms with Gasteiger partial charge in [0, 0.05) is 27.2 Å². The normalized spacial score (nSPS) is 15.8. The van der Waals surface area contributed by atoms with Crippen LogP contribution in [0.2, 0.25) is 0 Å². The van der Waals surface area contributed by atoms with E-state index < -0.39 is 0 Å². The number of likely N-dealkylation sites (tertiary alicyclic amines) is 1. The van der Waals surface area contributed by atoms with Crippen LogP contribution in [-0.4, -0.2) is 51.8 Å². The molecule has 0 saturated carbocycles. The summed E-state index contributed by atoms with van der Waals surface area (Å²) in [5.74, 6) is 1.70. The maximum absolute atomic E-state index is 5.32. The number of guanidine groups is 1. The molecule has 2 aromatic rings. The van der Waals surface area contributed by atoms with E-state index in [-0.39, 0.29) is 0 Å². The van der Waals surface area contributed by atoms with Gasteiger partial charge in [-0.25, -0.2) is 0 Å². The Morgan fingerprint density at radius 1 is 0.967 bits per heavy atom. The van der Waals surface area contributed by atoms with Crippen LogP contribution in [0.3, 0.4) is 0 Å². The third-order valence-electron chi connectivity index (χ3n) is 5.56. The molecule has 0 spiro atoms. The van der Waals surface area contributed by atoms with E-state index in [0.29, 0.717) is 12.6 Å². The highest BCUT2D eigenvalue weighted by molar-refractivity contribution is 5.79. The number of nitrogens with one attached hydrogen (secondary N) is 2. The van der Waals surface area contributed by atoms with Crippen LogP contribution in [-0.2, 0) is 17.9 Å². The zero-order valence-electron chi connectivity index (χ0n) is 18.4. The average Bonchev–Trinajstić information content (AvgIpc) is 3.32. The number of hydrogen-bond acceptors (Lipinski definition) is 4. The van der Waals surface area contributed by atoms with Crippen molar-refractivity contribution in [3.8, 4) is 5.75 Å². The number of benzene rings is 2. The van der Waals surface area contributed by atoms with Gasteiger partial charge in [-0.3, -0.25) is 9.89 Å². The molecular weight excluding hydrogens is 376 g/mol. The molecular formula is C24H34N4O2. The van der Waals surface area contributed by atoms with E-state index in [9.17, 15) is 0 Å². The maximum Gasteiger partial charge on any atom is 0.191 e. The molecule has 1 fully saturated rings. The summed E-state index contributed by atoms with van der Waals surface area (Å²) in [5, 5.41) is 6.94. The Morgan fingerprint density at radius 3 is 2.23 bits per heavy atom. The lowest BCUT2D eigenvalue weighted by atomic mass is 10.1. The first-order valence-corrected chi connectivity index (χ1v) is 10.6. The van der Waals surface area contributed by atoms with E-state index in [2.05, 4.69) is 56.9 Å². The van der Waals surface area contributed by atoms with E-state index in [4.69, 9.17) is 9.47 Å². The number of rotatable bonds is 9. The highest BCUT2D eigenvalue weighted by Crippen LogP contribution is 2.26. The zero-order chi connectivity index (χ0) is 21.2. The molecule has 1 saturated heterocycles. The molecule has 1 heterocycles. The lowest BCUT2D eigenvalue weighted by Crippen LogP contribution is -2.42. The van der Waals surface area contributed by atoms with Crippen LogP contribution in [0.1, 0.15) is 35.6 Å².